The van der Waals surface area contributed by atoms with Gasteiger partial charge in [0.1, 0.15) is 6.04 Å². The minimum absolute atomic E-state index is 0.124. The Kier molecular flexibility index (Phi) is 4.55. The van der Waals surface area contributed by atoms with Crippen LogP contribution in [0.15, 0.2) is 18.2 Å². The van der Waals surface area contributed by atoms with Crippen molar-refractivity contribution in [1.29, 1.82) is 0 Å². The molecule has 0 bridgehead atoms. The Bertz CT molecular complexity index is 686. The molecule has 0 spiro atoms. The summed E-state index contributed by atoms with van der Waals surface area (Å²) in [4.78, 5) is 40.4. The van der Waals surface area contributed by atoms with Gasteiger partial charge in [-0.25, -0.2) is 0 Å². The number of unbranched alkanes of at least 4 members (excludes halogenated alkanes) is 2. The number of nitrogen functional groups attached to an aromatic ring is 1. The van der Waals surface area contributed by atoms with E-state index >= 15 is 0 Å². The summed E-state index contributed by atoms with van der Waals surface area (Å²) in [5, 5.41) is 0. The maximum absolute atomic E-state index is 12.8. The predicted octanol–water partition coefficient (Wildman–Crippen LogP) is 1.93. The fourth-order valence-corrected chi connectivity index (χ4v) is 3.48. The number of amides is 3. The molecule has 1 aromatic rings. The second-order valence-electron chi connectivity index (χ2n) is 6.49. The first-order valence-electron chi connectivity index (χ1n) is 8.56. The number of likely N-dealkylation sites (tertiary alicyclic amines) is 1. The van der Waals surface area contributed by atoms with Crippen LogP contribution in [0, 0.1) is 0 Å². The zero-order valence-corrected chi connectivity index (χ0v) is 14.0. The topological polar surface area (TPSA) is 83.7 Å². The number of nitrogens with two attached hydrogens (primary N) is 1. The summed E-state index contributed by atoms with van der Waals surface area (Å²) < 4.78 is 0. The molecule has 1 aromatic carbocycles. The first-order chi connectivity index (χ1) is 11.5. The quantitative estimate of drug-likeness (QED) is 0.508. The number of nitrogens with zero attached hydrogens (tertiary/aromatic N) is 2. The highest BCUT2D eigenvalue weighted by Crippen LogP contribution is 2.30. The lowest BCUT2D eigenvalue weighted by Crippen LogP contribution is -2.54. The maximum atomic E-state index is 12.8. The number of hydrogen-bond acceptors (Lipinski definition) is 4. The number of benzene rings is 1. The van der Waals surface area contributed by atoms with Gasteiger partial charge in [-0.15, -0.1) is 0 Å². The fourth-order valence-electron chi connectivity index (χ4n) is 3.48. The fraction of sp³-hybridized carbons (Fsp3) is 0.500. The lowest BCUT2D eigenvalue weighted by atomic mass is 10.0. The highest BCUT2D eigenvalue weighted by atomic mass is 16.2. The van der Waals surface area contributed by atoms with Crippen LogP contribution in [0.3, 0.4) is 0 Å². The zero-order valence-electron chi connectivity index (χ0n) is 14.0. The second-order valence-corrected chi connectivity index (χ2v) is 6.49. The van der Waals surface area contributed by atoms with Crippen LogP contribution in [0.5, 0.6) is 0 Å². The zero-order chi connectivity index (χ0) is 17.3. The molecule has 3 rings (SSSR count). The number of carbonyl (C=O) groups is 3. The van der Waals surface area contributed by atoms with Gasteiger partial charge in [-0.1, -0.05) is 19.8 Å². The first-order valence-corrected chi connectivity index (χ1v) is 8.56. The van der Waals surface area contributed by atoms with E-state index in [2.05, 4.69) is 6.92 Å². The van der Waals surface area contributed by atoms with Crippen molar-refractivity contribution in [2.24, 2.45) is 0 Å². The van der Waals surface area contributed by atoms with Crippen LogP contribution in [0.25, 0.3) is 0 Å². The monoisotopic (exact) mass is 329 g/mol. The van der Waals surface area contributed by atoms with Gasteiger partial charge in [0.2, 0.25) is 5.91 Å². The third-order valence-corrected chi connectivity index (χ3v) is 4.81. The minimum atomic E-state index is -0.551. The smallest absolute Gasteiger partial charge is 0.255 e. The number of carbonyl (C=O) groups excluding carboxylic acids is 3. The molecule has 0 saturated carbocycles. The van der Waals surface area contributed by atoms with Crippen molar-refractivity contribution in [2.75, 3.05) is 12.3 Å². The SMILES string of the molecule is CCCCCN1C(=O)CCC(N2Cc3cc(N)ccc3C2=O)C1=O. The van der Waals surface area contributed by atoms with E-state index in [1.54, 1.807) is 23.1 Å². The Morgan fingerprint density at radius 2 is 2.00 bits per heavy atom. The van der Waals surface area contributed by atoms with Gasteiger partial charge in [-0.2, -0.15) is 0 Å². The molecule has 0 aromatic heterocycles. The van der Waals surface area contributed by atoms with Crippen LogP contribution < -0.4 is 5.73 Å². The van der Waals surface area contributed by atoms with Gasteiger partial charge >= 0.3 is 0 Å². The van der Waals surface area contributed by atoms with Gasteiger partial charge in [0, 0.05) is 30.8 Å². The summed E-state index contributed by atoms with van der Waals surface area (Å²) >= 11 is 0. The molecule has 0 aliphatic carbocycles. The van der Waals surface area contributed by atoms with E-state index in [0.29, 0.717) is 37.2 Å². The van der Waals surface area contributed by atoms with Gasteiger partial charge in [0.15, 0.2) is 0 Å². The first kappa shape index (κ1) is 16.5. The van der Waals surface area contributed by atoms with Gasteiger partial charge in [0.05, 0.1) is 0 Å². The number of piperidine rings is 1. The third-order valence-electron chi connectivity index (χ3n) is 4.81. The van der Waals surface area contributed by atoms with Crippen LogP contribution in [-0.4, -0.2) is 40.1 Å². The summed E-state index contributed by atoms with van der Waals surface area (Å²) in [7, 11) is 0. The van der Waals surface area contributed by atoms with Crippen LogP contribution in [-0.2, 0) is 16.1 Å². The molecule has 1 atom stereocenters. The largest absolute Gasteiger partial charge is 0.399 e. The third kappa shape index (κ3) is 2.88. The molecule has 1 unspecified atom stereocenters. The molecule has 2 aliphatic heterocycles. The molecular weight excluding hydrogens is 306 g/mol. The molecule has 3 amide bonds. The predicted molar refractivity (Wildman–Crippen MR) is 90.0 cm³/mol. The standard InChI is InChI=1S/C18H23N3O3/c1-2-3-4-9-20-16(22)8-7-15(18(20)24)21-11-12-10-13(19)5-6-14(12)17(21)23/h5-6,10,15H,2-4,7-9,11,19H2,1H3. The highest BCUT2D eigenvalue weighted by Gasteiger charge is 2.42. The van der Waals surface area contributed by atoms with Gasteiger partial charge in [-0.05, 0) is 36.6 Å². The van der Waals surface area contributed by atoms with Crippen molar-refractivity contribution in [3.05, 3.63) is 29.3 Å². The summed E-state index contributed by atoms with van der Waals surface area (Å²) in [6.07, 6.45) is 3.53. The van der Waals surface area contributed by atoms with E-state index in [1.807, 2.05) is 0 Å². The van der Waals surface area contributed by atoms with Gasteiger partial charge in [0.25, 0.3) is 11.8 Å². The van der Waals surface area contributed by atoms with E-state index in [9.17, 15) is 14.4 Å². The molecule has 6 heteroatoms. The summed E-state index contributed by atoms with van der Waals surface area (Å²) in [5.74, 6) is -0.511. The molecule has 2 heterocycles. The van der Waals surface area contributed by atoms with Gasteiger partial charge < -0.3 is 10.6 Å². The number of hydrogen-bond donors (Lipinski definition) is 1. The van der Waals surface area contributed by atoms with Crippen molar-refractivity contribution in [2.45, 2.75) is 51.6 Å². The summed E-state index contributed by atoms with van der Waals surface area (Å²) in [6.45, 7) is 2.91. The van der Waals surface area contributed by atoms with Crippen LogP contribution in [0.1, 0.15) is 54.9 Å². The summed E-state index contributed by atoms with van der Waals surface area (Å²) in [6, 6.07) is 4.64. The molecule has 1 fully saturated rings. The van der Waals surface area contributed by atoms with Crippen LogP contribution in [0.4, 0.5) is 5.69 Å². The van der Waals surface area contributed by atoms with E-state index in [4.69, 9.17) is 5.73 Å². The molecular formula is C18H23N3O3. The molecule has 24 heavy (non-hydrogen) atoms. The summed E-state index contributed by atoms with van der Waals surface area (Å²) in [5.41, 5.74) is 7.84. The minimum Gasteiger partial charge on any atom is -0.399 e. The Morgan fingerprint density at radius 3 is 2.75 bits per heavy atom. The Morgan fingerprint density at radius 1 is 1.21 bits per heavy atom. The molecule has 2 N–H and O–H groups in total. The van der Waals surface area contributed by atoms with Crippen molar-refractivity contribution >= 4 is 23.4 Å². The van der Waals surface area contributed by atoms with E-state index < -0.39 is 6.04 Å². The van der Waals surface area contributed by atoms with Gasteiger partial charge in [-0.3, -0.25) is 19.3 Å². The van der Waals surface area contributed by atoms with Crippen molar-refractivity contribution in [1.82, 2.24) is 9.80 Å². The number of rotatable bonds is 5. The van der Waals surface area contributed by atoms with Crippen molar-refractivity contribution < 1.29 is 14.4 Å². The van der Waals surface area contributed by atoms with Crippen LogP contribution >= 0.6 is 0 Å². The average Bonchev–Trinajstić information content (AvgIpc) is 2.87. The number of fused-ring (bicyclic) bond motifs is 1. The maximum Gasteiger partial charge on any atom is 0.255 e. The van der Waals surface area contributed by atoms with Crippen molar-refractivity contribution in [3.8, 4) is 0 Å². The van der Waals surface area contributed by atoms with E-state index in [1.165, 1.54) is 4.90 Å². The number of anilines is 1. The molecule has 2 aliphatic rings. The van der Waals surface area contributed by atoms with E-state index in [0.717, 1.165) is 24.8 Å². The highest BCUT2D eigenvalue weighted by molar-refractivity contribution is 6.05. The Hall–Kier alpha value is -2.37. The Balaban J connectivity index is 1.76. The van der Waals surface area contributed by atoms with Crippen LogP contribution in [0.2, 0.25) is 0 Å². The molecule has 1 saturated heterocycles. The average molecular weight is 329 g/mol. The lowest BCUT2D eigenvalue weighted by Gasteiger charge is -2.35. The van der Waals surface area contributed by atoms with Crippen molar-refractivity contribution in [3.63, 3.8) is 0 Å². The Labute approximate surface area is 141 Å². The molecule has 128 valence electrons. The second kappa shape index (κ2) is 6.63. The lowest BCUT2D eigenvalue weighted by molar-refractivity contribution is -0.152. The number of imide groups is 1. The molecule has 6 nitrogen and oxygen atoms in total. The molecule has 0 radical (unpaired) electrons. The normalized spacial score (nSPS) is 20.7. The van der Waals surface area contributed by atoms with E-state index in [-0.39, 0.29) is 17.7 Å².